The highest BCUT2D eigenvalue weighted by Crippen LogP contribution is 2.45. The summed E-state index contributed by atoms with van der Waals surface area (Å²) in [4.78, 5) is 38.9. The second kappa shape index (κ2) is 5.60. The van der Waals surface area contributed by atoms with Crippen molar-refractivity contribution in [2.24, 2.45) is 11.8 Å². The van der Waals surface area contributed by atoms with Gasteiger partial charge in [0.1, 0.15) is 5.78 Å². The molecule has 0 amide bonds. The lowest BCUT2D eigenvalue weighted by atomic mass is 9.80. The zero-order chi connectivity index (χ0) is 17.8. The van der Waals surface area contributed by atoms with E-state index < -0.39 is 0 Å². The van der Waals surface area contributed by atoms with Crippen molar-refractivity contribution < 1.29 is 14.4 Å². The zero-order valence-electron chi connectivity index (χ0n) is 14.3. The van der Waals surface area contributed by atoms with Crippen molar-refractivity contribution in [1.29, 1.82) is 0 Å². The molecule has 26 heavy (non-hydrogen) atoms. The molecule has 0 saturated heterocycles. The van der Waals surface area contributed by atoms with Gasteiger partial charge in [-0.2, -0.15) is 0 Å². The van der Waals surface area contributed by atoms with Gasteiger partial charge in [0.2, 0.25) is 0 Å². The third kappa shape index (κ3) is 2.16. The van der Waals surface area contributed by atoms with E-state index in [4.69, 9.17) is 0 Å². The van der Waals surface area contributed by atoms with Crippen molar-refractivity contribution in [3.05, 3.63) is 81.9 Å². The van der Waals surface area contributed by atoms with Crippen LogP contribution in [0.2, 0.25) is 0 Å². The molecule has 2 aromatic rings. The molecule has 0 fully saturated rings. The Kier molecular flexibility index (Phi) is 3.33. The van der Waals surface area contributed by atoms with Gasteiger partial charge in [-0.1, -0.05) is 59.7 Å². The number of hydrogen-bond acceptors (Lipinski definition) is 3. The molecule has 2 bridgehead atoms. The Hall–Kier alpha value is -2.81. The van der Waals surface area contributed by atoms with E-state index in [0.717, 1.165) is 24.0 Å². The molecule has 3 aliphatic carbocycles. The Morgan fingerprint density at radius 3 is 1.50 bits per heavy atom. The van der Waals surface area contributed by atoms with E-state index in [9.17, 15) is 14.4 Å². The Balaban J connectivity index is 1.63. The number of ketones is 3. The van der Waals surface area contributed by atoms with Crippen LogP contribution in [0.4, 0.5) is 0 Å². The van der Waals surface area contributed by atoms with Crippen molar-refractivity contribution in [3.63, 3.8) is 0 Å². The van der Waals surface area contributed by atoms with Crippen LogP contribution >= 0.6 is 0 Å². The maximum Gasteiger partial charge on any atom is 0.164 e. The van der Waals surface area contributed by atoms with Crippen molar-refractivity contribution in [2.45, 2.75) is 25.7 Å². The lowest BCUT2D eigenvalue weighted by molar-refractivity contribution is -0.123. The highest BCUT2D eigenvalue weighted by molar-refractivity contribution is 6.13. The topological polar surface area (TPSA) is 51.2 Å². The quantitative estimate of drug-likeness (QED) is 0.685. The predicted octanol–water partition coefficient (Wildman–Crippen LogP) is 3.76. The van der Waals surface area contributed by atoms with Crippen LogP contribution in [0.3, 0.4) is 0 Å². The van der Waals surface area contributed by atoms with Crippen LogP contribution in [-0.2, 0) is 17.6 Å². The van der Waals surface area contributed by atoms with Gasteiger partial charge in [0.15, 0.2) is 11.6 Å². The van der Waals surface area contributed by atoms with Gasteiger partial charge in [0.25, 0.3) is 0 Å². The van der Waals surface area contributed by atoms with Crippen molar-refractivity contribution in [2.75, 3.05) is 0 Å². The third-order valence-electron chi connectivity index (χ3n) is 6.13. The summed E-state index contributed by atoms with van der Waals surface area (Å²) in [5, 5.41) is 0. The molecule has 3 aliphatic rings. The fraction of sp³-hybridized carbons (Fsp3) is 0.261. The maximum absolute atomic E-state index is 13.1. The van der Waals surface area contributed by atoms with Gasteiger partial charge in [-0.15, -0.1) is 0 Å². The van der Waals surface area contributed by atoms with Gasteiger partial charge < -0.3 is 0 Å². The second-order valence-corrected chi connectivity index (χ2v) is 7.48. The lowest BCUT2D eigenvalue weighted by Gasteiger charge is -2.23. The maximum atomic E-state index is 13.1. The van der Waals surface area contributed by atoms with Crippen LogP contribution in [0.25, 0.3) is 0 Å². The molecule has 5 rings (SSSR count). The van der Waals surface area contributed by atoms with Gasteiger partial charge in [-0.3, -0.25) is 14.4 Å². The Morgan fingerprint density at radius 2 is 1.04 bits per heavy atom. The zero-order valence-corrected chi connectivity index (χ0v) is 14.3. The predicted molar refractivity (Wildman–Crippen MR) is 97.2 cm³/mol. The monoisotopic (exact) mass is 342 g/mol. The van der Waals surface area contributed by atoms with E-state index in [0.29, 0.717) is 11.1 Å². The number of Topliss-reactive ketones (excluding diaryl/α,β-unsaturated/α-hetero) is 3. The smallest absolute Gasteiger partial charge is 0.164 e. The Labute approximate surface area is 151 Å². The molecular weight excluding hydrogens is 324 g/mol. The van der Waals surface area contributed by atoms with Crippen molar-refractivity contribution in [1.82, 2.24) is 0 Å². The van der Waals surface area contributed by atoms with E-state index in [2.05, 4.69) is 12.1 Å². The van der Waals surface area contributed by atoms with Gasteiger partial charge >= 0.3 is 0 Å². The summed E-state index contributed by atoms with van der Waals surface area (Å²) in [6.07, 6.45) is 1.81. The summed E-state index contributed by atoms with van der Waals surface area (Å²) in [5.41, 5.74) is 5.60. The molecule has 2 unspecified atom stereocenters. The summed E-state index contributed by atoms with van der Waals surface area (Å²) in [7, 11) is 0. The fourth-order valence-electron chi connectivity index (χ4n) is 4.83. The summed E-state index contributed by atoms with van der Waals surface area (Å²) in [5.74, 6) is -0.858. The standard InChI is InChI=1S/C23H18O3/c24-21-11-19-17-9-13-5-1-2-6-14(13)10-18(17)20(23(19)26)12-22(25)16-8-4-3-7-15(16)21/h1-8,19-20H,9-12H2. The minimum atomic E-state index is -0.366. The number of carbonyl (C=O) groups is 3. The van der Waals surface area contributed by atoms with Crippen LogP contribution in [0.1, 0.15) is 44.7 Å². The van der Waals surface area contributed by atoms with E-state index in [1.165, 1.54) is 11.1 Å². The molecule has 0 radical (unpaired) electrons. The molecule has 128 valence electrons. The third-order valence-corrected chi connectivity index (χ3v) is 6.13. The first-order valence-corrected chi connectivity index (χ1v) is 9.11. The van der Waals surface area contributed by atoms with Crippen LogP contribution < -0.4 is 0 Å². The number of rotatable bonds is 0. The number of carbonyl (C=O) groups excluding carboxylic acids is 3. The average molecular weight is 342 g/mol. The molecule has 0 heterocycles. The minimum absolute atomic E-state index is 0.0670. The number of benzene rings is 2. The highest BCUT2D eigenvalue weighted by atomic mass is 16.1. The molecule has 3 heteroatoms. The van der Waals surface area contributed by atoms with Crippen LogP contribution in [0.15, 0.2) is 59.7 Å². The molecule has 0 saturated carbocycles. The van der Waals surface area contributed by atoms with Gasteiger partial charge in [0.05, 0.1) is 0 Å². The van der Waals surface area contributed by atoms with E-state index in [1.807, 2.05) is 12.1 Å². The van der Waals surface area contributed by atoms with Crippen molar-refractivity contribution >= 4 is 17.3 Å². The first kappa shape index (κ1) is 15.4. The normalized spacial score (nSPS) is 24.4. The summed E-state index contributed by atoms with van der Waals surface area (Å²) < 4.78 is 0. The SMILES string of the molecule is O=C1CC2C(=O)C(CC(=O)c3ccccc31)C1=C2Cc2ccccc2C1. The van der Waals surface area contributed by atoms with E-state index in [1.54, 1.807) is 24.3 Å². The van der Waals surface area contributed by atoms with Gasteiger partial charge in [-0.05, 0) is 24.0 Å². The van der Waals surface area contributed by atoms with Crippen LogP contribution in [-0.4, -0.2) is 17.3 Å². The average Bonchev–Trinajstić information content (AvgIpc) is 2.92. The Bertz CT molecular complexity index is 934. The summed E-state index contributed by atoms with van der Waals surface area (Å²) in [6, 6.07) is 15.2. The molecule has 0 N–H and O–H groups in total. The van der Waals surface area contributed by atoms with E-state index >= 15 is 0 Å². The molecule has 0 aromatic heterocycles. The first-order chi connectivity index (χ1) is 12.6. The number of allylic oxidation sites excluding steroid dienone is 2. The van der Waals surface area contributed by atoms with Crippen LogP contribution in [0, 0.1) is 11.8 Å². The summed E-state index contributed by atoms with van der Waals surface area (Å²) >= 11 is 0. The van der Waals surface area contributed by atoms with E-state index in [-0.39, 0.29) is 42.0 Å². The van der Waals surface area contributed by atoms with Gasteiger partial charge in [-0.25, -0.2) is 0 Å². The highest BCUT2D eigenvalue weighted by Gasteiger charge is 2.45. The molecule has 2 atom stereocenters. The molecule has 2 aromatic carbocycles. The molecular formula is C23H18O3. The largest absolute Gasteiger partial charge is 0.298 e. The minimum Gasteiger partial charge on any atom is -0.298 e. The number of hydrogen-bond donors (Lipinski definition) is 0. The van der Waals surface area contributed by atoms with Gasteiger partial charge in [0, 0.05) is 35.8 Å². The first-order valence-electron chi connectivity index (χ1n) is 9.11. The second-order valence-electron chi connectivity index (χ2n) is 7.48. The number of fused-ring (bicyclic) bond motifs is 6. The van der Waals surface area contributed by atoms with Crippen LogP contribution in [0.5, 0.6) is 0 Å². The van der Waals surface area contributed by atoms with Crippen molar-refractivity contribution in [3.8, 4) is 0 Å². The fourth-order valence-corrected chi connectivity index (χ4v) is 4.83. The lowest BCUT2D eigenvalue weighted by Crippen LogP contribution is -2.20. The molecule has 0 aliphatic heterocycles. The Morgan fingerprint density at radius 1 is 0.615 bits per heavy atom. The summed E-state index contributed by atoms with van der Waals surface area (Å²) in [6.45, 7) is 0. The molecule has 3 nitrogen and oxygen atoms in total. The molecule has 0 spiro atoms.